The smallest absolute Gasteiger partial charge is 0.323 e. The summed E-state index contributed by atoms with van der Waals surface area (Å²) >= 11 is 0. The van der Waals surface area contributed by atoms with E-state index in [1.807, 2.05) is 6.92 Å². The van der Waals surface area contributed by atoms with Gasteiger partial charge in [0.25, 0.3) is 0 Å². The summed E-state index contributed by atoms with van der Waals surface area (Å²) in [5.74, 6) is -0.580. The first-order valence-corrected chi connectivity index (χ1v) is 6.28. The molecule has 1 saturated carbocycles. The molecule has 1 aliphatic carbocycles. The summed E-state index contributed by atoms with van der Waals surface area (Å²) in [6, 6.07) is -0.150. The average molecular weight is 242 g/mol. The van der Waals surface area contributed by atoms with Gasteiger partial charge in [-0.3, -0.25) is 9.59 Å². The number of amides is 1. The monoisotopic (exact) mass is 242 g/mol. The zero-order chi connectivity index (χ0) is 12.8. The standard InChI is InChI=1S/C12H22N2O3/c1-2-3-10(13)6-11(15)14(8-12(16)17)7-9-4-5-9/h9-10H,2-8,13H2,1H3,(H,16,17). The second kappa shape index (κ2) is 6.59. The van der Waals surface area contributed by atoms with Crippen LogP contribution in [0.5, 0.6) is 0 Å². The molecule has 1 atom stereocenters. The van der Waals surface area contributed by atoms with Gasteiger partial charge in [-0.05, 0) is 25.2 Å². The van der Waals surface area contributed by atoms with Crippen LogP contribution >= 0.6 is 0 Å². The number of hydrogen-bond acceptors (Lipinski definition) is 3. The van der Waals surface area contributed by atoms with Crippen molar-refractivity contribution >= 4 is 11.9 Å². The number of carboxylic acid groups (broad SMARTS) is 1. The van der Waals surface area contributed by atoms with Crippen molar-refractivity contribution in [2.24, 2.45) is 11.7 Å². The lowest BCUT2D eigenvalue weighted by Crippen LogP contribution is -2.40. The van der Waals surface area contributed by atoms with Crippen molar-refractivity contribution < 1.29 is 14.7 Å². The molecule has 5 nitrogen and oxygen atoms in total. The maximum atomic E-state index is 11.9. The molecule has 0 aromatic carbocycles. The van der Waals surface area contributed by atoms with Crippen molar-refractivity contribution in [2.75, 3.05) is 13.1 Å². The number of hydrogen-bond donors (Lipinski definition) is 2. The van der Waals surface area contributed by atoms with Crippen molar-refractivity contribution in [2.45, 2.75) is 45.1 Å². The first-order chi connectivity index (χ1) is 8.02. The van der Waals surface area contributed by atoms with Gasteiger partial charge in [-0.25, -0.2) is 0 Å². The van der Waals surface area contributed by atoms with Gasteiger partial charge in [-0.15, -0.1) is 0 Å². The Morgan fingerprint density at radius 2 is 2.12 bits per heavy atom. The van der Waals surface area contributed by atoms with E-state index in [-0.39, 0.29) is 24.9 Å². The van der Waals surface area contributed by atoms with Crippen molar-refractivity contribution in [3.05, 3.63) is 0 Å². The zero-order valence-corrected chi connectivity index (χ0v) is 10.4. The molecule has 0 aromatic heterocycles. The van der Waals surface area contributed by atoms with Gasteiger partial charge in [0.05, 0.1) is 0 Å². The van der Waals surface area contributed by atoms with Crippen LogP contribution in [0.4, 0.5) is 0 Å². The molecule has 1 unspecified atom stereocenters. The predicted octanol–water partition coefficient (Wildman–Crippen LogP) is 0.827. The third kappa shape index (κ3) is 5.68. The third-order valence-corrected chi connectivity index (χ3v) is 2.95. The molecule has 0 radical (unpaired) electrons. The van der Waals surface area contributed by atoms with E-state index in [4.69, 9.17) is 10.8 Å². The fourth-order valence-electron chi connectivity index (χ4n) is 1.86. The molecule has 17 heavy (non-hydrogen) atoms. The lowest BCUT2D eigenvalue weighted by molar-refractivity contribution is -0.144. The van der Waals surface area contributed by atoms with Gasteiger partial charge >= 0.3 is 5.97 Å². The Kier molecular flexibility index (Phi) is 5.41. The third-order valence-electron chi connectivity index (χ3n) is 2.95. The molecule has 5 heteroatoms. The summed E-state index contributed by atoms with van der Waals surface area (Å²) in [6.45, 7) is 2.39. The Bertz CT molecular complexity index is 277. The van der Waals surface area contributed by atoms with Crippen molar-refractivity contribution in [3.63, 3.8) is 0 Å². The van der Waals surface area contributed by atoms with E-state index in [0.29, 0.717) is 12.5 Å². The molecule has 98 valence electrons. The Hall–Kier alpha value is -1.10. The summed E-state index contributed by atoms with van der Waals surface area (Å²) in [5, 5.41) is 8.78. The number of rotatable bonds is 8. The zero-order valence-electron chi connectivity index (χ0n) is 10.4. The van der Waals surface area contributed by atoms with Crippen LogP contribution in [-0.2, 0) is 9.59 Å². The predicted molar refractivity (Wildman–Crippen MR) is 64.4 cm³/mol. The first-order valence-electron chi connectivity index (χ1n) is 6.28. The van der Waals surface area contributed by atoms with E-state index in [0.717, 1.165) is 25.7 Å². The van der Waals surface area contributed by atoms with Crippen LogP contribution in [0.1, 0.15) is 39.0 Å². The minimum absolute atomic E-state index is 0.125. The minimum atomic E-state index is -0.955. The fourth-order valence-corrected chi connectivity index (χ4v) is 1.86. The van der Waals surface area contributed by atoms with Gasteiger partial charge in [-0.2, -0.15) is 0 Å². The largest absolute Gasteiger partial charge is 0.480 e. The maximum Gasteiger partial charge on any atom is 0.323 e. The summed E-state index contributed by atoms with van der Waals surface area (Å²) in [7, 11) is 0. The molecule has 3 N–H and O–H groups in total. The summed E-state index contributed by atoms with van der Waals surface area (Å²) in [5.41, 5.74) is 5.81. The SMILES string of the molecule is CCCC(N)CC(=O)N(CC(=O)O)CC1CC1. The number of aliphatic carboxylic acids is 1. The molecule has 0 aliphatic heterocycles. The van der Waals surface area contributed by atoms with Crippen molar-refractivity contribution in [1.82, 2.24) is 4.90 Å². The lowest BCUT2D eigenvalue weighted by Gasteiger charge is -2.22. The number of carbonyl (C=O) groups excluding carboxylic acids is 1. The van der Waals surface area contributed by atoms with Gasteiger partial charge in [0.2, 0.25) is 5.91 Å². The summed E-state index contributed by atoms with van der Waals surface area (Å²) in [4.78, 5) is 24.1. The molecule has 0 saturated heterocycles. The Balaban J connectivity index is 2.42. The molecule has 0 spiro atoms. The van der Waals surface area contributed by atoms with Gasteiger partial charge in [-0.1, -0.05) is 13.3 Å². The molecular formula is C12H22N2O3. The molecule has 1 rings (SSSR count). The van der Waals surface area contributed by atoms with Gasteiger partial charge in [0.15, 0.2) is 0 Å². The molecule has 0 heterocycles. The van der Waals surface area contributed by atoms with Crippen molar-refractivity contribution in [1.29, 1.82) is 0 Å². The normalized spacial score (nSPS) is 16.6. The molecular weight excluding hydrogens is 220 g/mol. The Labute approximate surface area is 102 Å². The van der Waals surface area contributed by atoms with Crippen LogP contribution in [0.2, 0.25) is 0 Å². The Morgan fingerprint density at radius 1 is 1.47 bits per heavy atom. The second-order valence-electron chi connectivity index (χ2n) is 4.86. The van der Waals surface area contributed by atoms with E-state index in [2.05, 4.69) is 0 Å². The van der Waals surface area contributed by atoms with Crippen LogP contribution in [-0.4, -0.2) is 41.0 Å². The highest BCUT2D eigenvalue weighted by molar-refractivity contribution is 5.81. The van der Waals surface area contributed by atoms with Gasteiger partial charge in [0, 0.05) is 19.0 Å². The second-order valence-corrected chi connectivity index (χ2v) is 4.86. The van der Waals surface area contributed by atoms with E-state index in [9.17, 15) is 9.59 Å². The molecule has 0 aromatic rings. The minimum Gasteiger partial charge on any atom is -0.480 e. The summed E-state index contributed by atoms with van der Waals surface area (Å²) in [6.07, 6.45) is 4.20. The molecule has 0 bridgehead atoms. The number of nitrogens with zero attached hydrogens (tertiary/aromatic N) is 1. The van der Waals surface area contributed by atoms with Gasteiger partial charge in [0.1, 0.15) is 6.54 Å². The maximum absolute atomic E-state index is 11.9. The van der Waals surface area contributed by atoms with E-state index in [1.165, 1.54) is 4.90 Å². The number of carbonyl (C=O) groups is 2. The fraction of sp³-hybridized carbons (Fsp3) is 0.833. The first kappa shape index (κ1) is 14.0. The van der Waals surface area contributed by atoms with Crippen molar-refractivity contribution in [3.8, 4) is 0 Å². The van der Waals surface area contributed by atoms with E-state index >= 15 is 0 Å². The average Bonchev–Trinajstić information content (AvgIpc) is 3.00. The molecule has 1 amide bonds. The van der Waals surface area contributed by atoms with Crippen LogP contribution in [0.15, 0.2) is 0 Å². The number of nitrogens with two attached hydrogens (primary N) is 1. The van der Waals surface area contributed by atoms with E-state index in [1.54, 1.807) is 0 Å². The van der Waals surface area contributed by atoms with Crippen LogP contribution in [0.25, 0.3) is 0 Å². The lowest BCUT2D eigenvalue weighted by atomic mass is 10.1. The topological polar surface area (TPSA) is 83.6 Å². The highest BCUT2D eigenvalue weighted by Gasteiger charge is 2.28. The van der Waals surface area contributed by atoms with Gasteiger partial charge < -0.3 is 15.7 Å². The number of carboxylic acids is 1. The van der Waals surface area contributed by atoms with E-state index < -0.39 is 5.97 Å². The van der Waals surface area contributed by atoms with Crippen LogP contribution in [0.3, 0.4) is 0 Å². The quantitative estimate of drug-likeness (QED) is 0.660. The Morgan fingerprint density at radius 3 is 2.59 bits per heavy atom. The van der Waals surface area contributed by atoms with Crippen LogP contribution in [0, 0.1) is 5.92 Å². The molecule has 1 aliphatic rings. The summed E-state index contributed by atoms with van der Waals surface area (Å²) < 4.78 is 0. The highest BCUT2D eigenvalue weighted by Crippen LogP contribution is 2.29. The molecule has 1 fully saturated rings. The van der Waals surface area contributed by atoms with Crippen LogP contribution < -0.4 is 5.73 Å². The highest BCUT2D eigenvalue weighted by atomic mass is 16.4.